The summed E-state index contributed by atoms with van der Waals surface area (Å²) in [5.41, 5.74) is 2.87. The molecular weight excluding hydrogens is 436 g/mol. The Kier molecular flexibility index (Phi) is 7.44. The Balaban J connectivity index is 1.84. The normalized spacial score (nSPS) is 14.6. The van der Waals surface area contributed by atoms with Crippen LogP contribution in [-0.2, 0) is 4.79 Å². The van der Waals surface area contributed by atoms with Gasteiger partial charge in [-0.2, -0.15) is 4.98 Å². The highest BCUT2D eigenvalue weighted by Gasteiger charge is 2.35. The van der Waals surface area contributed by atoms with E-state index in [1.807, 2.05) is 62.4 Å². The lowest BCUT2D eigenvalue weighted by Crippen LogP contribution is -2.37. The molecule has 1 aromatic heterocycles. The summed E-state index contributed by atoms with van der Waals surface area (Å²) in [6, 6.07) is 15.4. The van der Waals surface area contributed by atoms with Crippen LogP contribution in [0, 0.1) is 0 Å². The van der Waals surface area contributed by atoms with Crippen molar-refractivity contribution in [1.82, 2.24) is 15.2 Å². The number of thioether (sulfide) groups is 1. The number of hydrogen-bond acceptors (Lipinski definition) is 7. The molecule has 1 atom stereocenters. The Morgan fingerprint density at radius 3 is 2.58 bits per heavy atom. The molecule has 0 spiro atoms. The molecule has 1 aliphatic heterocycles. The fourth-order valence-corrected chi connectivity index (χ4v) is 4.18. The van der Waals surface area contributed by atoms with Crippen LogP contribution in [-0.4, -0.2) is 33.4 Å². The summed E-state index contributed by atoms with van der Waals surface area (Å²) in [6.07, 6.45) is 1.38. The van der Waals surface area contributed by atoms with Crippen LogP contribution in [0.1, 0.15) is 51.8 Å². The van der Waals surface area contributed by atoms with Gasteiger partial charge >= 0.3 is 0 Å². The maximum absolute atomic E-state index is 13.4. The van der Waals surface area contributed by atoms with Gasteiger partial charge in [0.05, 0.1) is 12.3 Å². The maximum Gasteiger partial charge on any atom is 0.247 e. The van der Waals surface area contributed by atoms with Crippen LogP contribution in [0.15, 0.2) is 53.7 Å². The van der Waals surface area contributed by atoms with Gasteiger partial charge in [-0.25, -0.2) is 0 Å². The van der Waals surface area contributed by atoms with E-state index in [2.05, 4.69) is 22.1 Å². The summed E-state index contributed by atoms with van der Waals surface area (Å²) >= 11 is 1.50. The molecule has 1 unspecified atom stereocenters. The van der Waals surface area contributed by atoms with Crippen molar-refractivity contribution in [3.8, 4) is 22.9 Å². The molecule has 7 nitrogen and oxygen atoms in total. The van der Waals surface area contributed by atoms with Gasteiger partial charge in [-0.3, -0.25) is 9.69 Å². The summed E-state index contributed by atoms with van der Waals surface area (Å²) in [5, 5.41) is 9.25. The average Bonchev–Trinajstić information content (AvgIpc) is 2.98. The first-order chi connectivity index (χ1) is 16.2. The first-order valence-electron chi connectivity index (χ1n) is 11.3. The Morgan fingerprint density at radius 2 is 1.85 bits per heavy atom. The lowest BCUT2D eigenvalue weighted by Gasteiger charge is -2.31. The smallest absolute Gasteiger partial charge is 0.247 e. The van der Waals surface area contributed by atoms with Gasteiger partial charge in [-0.1, -0.05) is 50.7 Å². The number of carbonyl (C=O) groups is 1. The van der Waals surface area contributed by atoms with E-state index in [1.54, 1.807) is 4.90 Å². The van der Waals surface area contributed by atoms with Crippen LogP contribution in [0.2, 0.25) is 0 Å². The minimum absolute atomic E-state index is 0.0230. The van der Waals surface area contributed by atoms with Gasteiger partial charge in [0.1, 0.15) is 5.75 Å². The van der Waals surface area contributed by atoms with Crippen molar-refractivity contribution in [3.63, 3.8) is 0 Å². The molecule has 172 valence electrons. The van der Waals surface area contributed by atoms with E-state index in [1.165, 1.54) is 11.8 Å². The van der Waals surface area contributed by atoms with Crippen LogP contribution in [0.3, 0.4) is 0 Å². The number of para-hydroxylation sites is 1. The standard InChI is InChI=1S/C25H28N4O3S/c1-4-9-21(30)29-20-11-8-7-10-19(20)22-23(26-25(28-27-22)33-6-3)32-24(29)17-12-14-18(15-13-17)31-16-5-2/h7-8,10-15,24H,4-6,9,16H2,1-3H3. The van der Waals surface area contributed by atoms with Crippen molar-refractivity contribution in [2.45, 2.75) is 51.4 Å². The van der Waals surface area contributed by atoms with Gasteiger partial charge in [-0.05, 0) is 48.9 Å². The van der Waals surface area contributed by atoms with Crippen molar-refractivity contribution in [3.05, 3.63) is 54.1 Å². The number of nitrogens with zero attached hydrogens (tertiary/aromatic N) is 4. The summed E-state index contributed by atoms with van der Waals surface area (Å²) in [5.74, 6) is 1.95. The predicted octanol–water partition coefficient (Wildman–Crippen LogP) is 5.66. The van der Waals surface area contributed by atoms with Crippen LogP contribution in [0.25, 0.3) is 11.3 Å². The number of aromatic nitrogens is 3. The largest absolute Gasteiger partial charge is 0.494 e. The van der Waals surface area contributed by atoms with Crippen LogP contribution in [0.4, 0.5) is 5.69 Å². The van der Waals surface area contributed by atoms with E-state index in [9.17, 15) is 4.79 Å². The van der Waals surface area contributed by atoms with E-state index in [-0.39, 0.29) is 5.91 Å². The third-order valence-corrected chi connectivity index (χ3v) is 5.88. The molecule has 0 aliphatic carbocycles. The fraction of sp³-hybridized carbons (Fsp3) is 0.360. The van der Waals surface area contributed by atoms with Crippen LogP contribution < -0.4 is 14.4 Å². The number of anilines is 1. The summed E-state index contributed by atoms with van der Waals surface area (Å²) in [4.78, 5) is 19.7. The van der Waals surface area contributed by atoms with Gasteiger partial charge in [0, 0.05) is 17.5 Å². The molecule has 0 fully saturated rings. The zero-order chi connectivity index (χ0) is 23.2. The Bertz CT molecular complexity index is 1110. The van der Waals surface area contributed by atoms with Crippen molar-refractivity contribution in [2.24, 2.45) is 0 Å². The lowest BCUT2D eigenvalue weighted by atomic mass is 10.1. The highest BCUT2D eigenvalue weighted by Crippen LogP contribution is 2.43. The summed E-state index contributed by atoms with van der Waals surface area (Å²) in [6.45, 7) is 6.75. The van der Waals surface area contributed by atoms with Gasteiger partial charge in [0.25, 0.3) is 0 Å². The van der Waals surface area contributed by atoms with Gasteiger partial charge in [0.2, 0.25) is 23.2 Å². The monoisotopic (exact) mass is 464 g/mol. The molecule has 33 heavy (non-hydrogen) atoms. The summed E-state index contributed by atoms with van der Waals surface area (Å²) in [7, 11) is 0. The zero-order valence-electron chi connectivity index (χ0n) is 19.2. The molecule has 0 N–H and O–H groups in total. The van der Waals surface area contributed by atoms with Gasteiger partial charge in [-0.15, -0.1) is 10.2 Å². The van der Waals surface area contributed by atoms with Crippen LogP contribution in [0.5, 0.6) is 11.6 Å². The van der Waals surface area contributed by atoms with E-state index in [4.69, 9.17) is 9.47 Å². The molecule has 4 rings (SSSR count). The quantitative estimate of drug-likeness (QED) is 0.398. The second kappa shape index (κ2) is 10.7. The molecule has 0 saturated carbocycles. The van der Waals surface area contributed by atoms with Crippen molar-refractivity contribution < 1.29 is 14.3 Å². The average molecular weight is 465 g/mol. The minimum atomic E-state index is -0.692. The topological polar surface area (TPSA) is 77.4 Å². The molecule has 2 aromatic carbocycles. The molecule has 1 aliphatic rings. The number of ether oxygens (including phenoxy) is 2. The number of hydrogen-bond donors (Lipinski definition) is 0. The highest BCUT2D eigenvalue weighted by molar-refractivity contribution is 7.99. The zero-order valence-corrected chi connectivity index (χ0v) is 20.0. The van der Waals surface area contributed by atoms with E-state index in [0.29, 0.717) is 29.8 Å². The molecule has 2 heterocycles. The third-order valence-electron chi connectivity index (χ3n) is 5.16. The second-order valence-electron chi connectivity index (χ2n) is 7.60. The first kappa shape index (κ1) is 23.0. The molecule has 0 bridgehead atoms. The fourth-order valence-electron chi connectivity index (χ4n) is 3.67. The van der Waals surface area contributed by atoms with Crippen molar-refractivity contribution >= 4 is 23.4 Å². The SMILES string of the molecule is CCCOc1ccc(C2Oc3nc(SCC)nnc3-c3ccccc3N2C(=O)CCC)cc1. The highest BCUT2D eigenvalue weighted by atomic mass is 32.2. The van der Waals surface area contributed by atoms with Crippen molar-refractivity contribution in [1.29, 1.82) is 0 Å². The molecule has 0 radical (unpaired) electrons. The number of amides is 1. The molecule has 8 heteroatoms. The number of benzene rings is 2. The van der Waals surface area contributed by atoms with Crippen molar-refractivity contribution in [2.75, 3.05) is 17.3 Å². The maximum atomic E-state index is 13.4. The second-order valence-corrected chi connectivity index (χ2v) is 8.83. The number of rotatable bonds is 8. The third kappa shape index (κ3) is 4.95. The van der Waals surface area contributed by atoms with E-state index < -0.39 is 6.23 Å². The molecule has 1 amide bonds. The lowest BCUT2D eigenvalue weighted by molar-refractivity contribution is -0.120. The van der Waals surface area contributed by atoms with E-state index in [0.717, 1.165) is 41.2 Å². The Hall–Kier alpha value is -3.13. The van der Waals surface area contributed by atoms with E-state index >= 15 is 0 Å². The number of carbonyl (C=O) groups excluding carboxylic acids is 1. The Morgan fingerprint density at radius 1 is 1.06 bits per heavy atom. The van der Waals surface area contributed by atoms with Gasteiger partial charge in [0.15, 0.2) is 5.69 Å². The van der Waals surface area contributed by atoms with Crippen LogP contribution >= 0.6 is 11.8 Å². The Labute approximate surface area is 198 Å². The molecular formula is C25H28N4O3S. The molecule has 0 saturated heterocycles. The first-order valence-corrected chi connectivity index (χ1v) is 12.3. The summed E-state index contributed by atoms with van der Waals surface area (Å²) < 4.78 is 12.2. The van der Waals surface area contributed by atoms with Gasteiger partial charge < -0.3 is 9.47 Å². The molecule has 3 aromatic rings. The predicted molar refractivity (Wildman–Crippen MR) is 130 cm³/mol. The number of fused-ring (bicyclic) bond motifs is 3. The minimum Gasteiger partial charge on any atom is -0.494 e.